The van der Waals surface area contributed by atoms with Crippen molar-refractivity contribution in [2.45, 2.75) is 13.8 Å². The van der Waals surface area contributed by atoms with Gasteiger partial charge in [-0.1, -0.05) is 0 Å². The number of fused-ring (bicyclic) bond motifs is 1. The molecule has 5 nitrogen and oxygen atoms in total. The van der Waals surface area contributed by atoms with Crippen molar-refractivity contribution in [1.82, 2.24) is 15.2 Å². The van der Waals surface area contributed by atoms with Gasteiger partial charge in [-0.25, -0.2) is 4.98 Å². The molecule has 0 spiro atoms. The monoisotopic (exact) mass is 350 g/mol. The van der Waals surface area contributed by atoms with E-state index in [1.54, 1.807) is 18.4 Å². The SMILES string of the molecule is COc1ccc2c(-c3cscc3C)nc(Nc3cc(C)[nH]n3)cc2c1. The zero-order valence-electron chi connectivity index (χ0n) is 14.3. The number of anilines is 2. The van der Waals surface area contributed by atoms with Gasteiger partial charge in [0, 0.05) is 28.1 Å². The second-order valence-electron chi connectivity index (χ2n) is 5.97. The van der Waals surface area contributed by atoms with Crippen molar-refractivity contribution in [2.75, 3.05) is 12.4 Å². The van der Waals surface area contributed by atoms with Crippen molar-refractivity contribution in [3.05, 3.63) is 52.3 Å². The molecule has 2 N–H and O–H groups in total. The van der Waals surface area contributed by atoms with Crippen molar-refractivity contribution in [3.8, 4) is 17.0 Å². The minimum Gasteiger partial charge on any atom is -0.497 e. The molecule has 3 heterocycles. The highest BCUT2D eigenvalue weighted by Gasteiger charge is 2.13. The van der Waals surface area contributed by atoms with Crippen molar-refractivity contribution in [3.63, 3.8) is 0 Å². The van der Waals surface area contributed by atoms with Crippen molar-refractivity contribution >= 4 is 33.7 Å². The molecule has 3 aromatic heterocycles. The molecule has 0 amide bonds. The van der Waals surface area contributed by atoms with Crippen LogP contribution in [0.5, 0.6) is 5.75 Å². The summed E-state index contributed by atoms with van der Waals surface area (Å²) in [5, 5.41) is 16.9. The van der Waals surface area contributed by atoms with E-state index in [2.05, 4.69) is 39.3 Å². The molecular formula is C19H18N4OS. The van der Waals surface area contributed by atoms with Gasteiger partial charge in [-0.05, 0) is 54.4 Å². The average molecular weight is 350 g/mol. The maximum atomic E-state index is 5.38. The lowest BCUT2D eigenvalue weighted by atomic mass is 10.0. The van der Waals surface area contributed by atoms with Gasteiger partial charge in [0.05, 0.1) is 12.8 Å². The van der Waals surface area contributed by atoms with Gasteiger partial charge in [0.1, 0.15) is 11.6 Å². The Morgan fingerprint density at radius 2 is 1.96 bits per heavy atom. The molecular weight excluding hydrogens is 332 g/mol. The predicted molar refractivity (Wildman–Crippen MR) is 103 cm³/mol. The molecule has 0 aliphatic heterocycles. The largest absolute Gasteiger partial charge is 0.497 e. The Morgan fingerprint density at radius 1 is 1.08 bits per heavy atom. The summed E-state index contributed by atoms with van der Waals surface area (Å²) in [4.78, 5) is 4.87. The molecule has 0 bridgehead atoms. The summed E-state index contributed by atoms with van der Waals surface area (Å²) in [6, 6.07) is 10.0. The van der Waals surface area contributed by atoms with E-state index in [-0.39, 0.29) is 0 Å². The molecule has 4 rings (SSSR count). The Balaban J connectivity index is 1.90. The molecule has 1 aromatic carbocycles. The van der Waals surface area contributed by atoms with E-state index in [9.17, 15) is 0 Å². The molecule has 0 unspecified atom stereocenters. The number of nitrogens with one attached hydrogen (secondary N) is 2. The van der Waals surface area contributed by atoms with Crippen LogP contribution in [-0.4, -0.2) is 22.3 Å². The number of pyridine rings is 1. The summed E-state index contributed by atoms with van der Waals surface area (Å²) >= 11 is 1.69. The van der Waals surface area contributed by atoms with Gasteiger partial charge in [-0.2, -0.15) is 16.4 Å². The van der Waals surface area contributed by atoms with E-state index >= 15 is 0 Å². The topological polar surface area (TPSA) is 62.8 Å². The Hall–Kier alpha value is -2.86. The smallest absolute Gasteiger partial charge is 0.153 e. The summed E-state index contributed by atoms with van der Waals surface area (Å²) in [6.45, 7) is 4.08. The summed E-state index contributed by atoms with van der Waals surface area (Å²) in [6.07, 6.45) is 0. The summed E-state index contributed by atoms with van der Waals surface area (Å²) < 4.78 is 5.38. The van der Waals surface area contributed by atoms with Crippen LogP contribution in [0.15, 0.2) is 41.1 Å². The van der Waals surface area contributed by atoms with Gasteiger partial charge >= 0.3 is 0 Å². The molecule has 0 saturated heterocycles. The number of hydrogen-bond acceptors (Lipinski definition) is 5. The van der Waals surface area contributed by atoms with Gasteiger partial charge in [0.25, 0.3) is 0 Å². The van der Waals surface area contributed by atoms with E-state index in [1.165, 1.54) is 5.56 Å². The zero-order chi connectivity index (χ0) is 17.4. The number of rotatable bonds is 4. The van der Waals surface area contributed by atoms with Crippen LogP contribution >= 0.6 is 11.3 Å². The number of thiophene rings is 1. The van der Waals surface area contributed by atoms with Crippen molar-refractivity contribution < 1.29 is 4.74 Å². The molecule has 0 aliphatic rings. The number of methoxy groups -OCH3 is 1. The number of nitrogens with zero attached hydrogens (tertiary/aromatic N) is 2. The Kier molecular flexibility index (Phi) is 3.89. The molecule has 4 aromatic rings. The van der Waals surface area contributed by atoms with Crippen LogP contribution < -0.4 is 10.1 Å². The first-order chi connectivity index (χ1) is 12.1. The summed E-state index contributed by atoms with van der Waals surface area (Å²) in [5.74, 6) is 2.33. The van der Waals surface area contributed by atoms with Crippen LogP contribution in [0.1, 0.15) is 11.3 Å². The van der Waals surface area contributed by atoms with Crippen LogP contribution in [0.2, 0.25) is 0 Å². The van der Waals surface area contributed by atoms with Gasteiger partial charge in [-0.15, -0.1) is 0 Å². The lowest BCUT2D eigenvalue weighted by Gasteiger charge is -2.11. The number of aryl methyl sites for hydroxylation is 2. The highest BCUT2D eigenvalue weighted by molar-refractivity contribution is 7.08. The van der Waals surface area contributed by atoms with Crippen LogP contribution in [0.4, 0.5) is 11.6 Å². The third kappa shape index (κ3) is 2.96. The maximum absolute atomic E-state index is 5.38. The molecule has 126 valence electrons. The number of H-pyrrole nitrogens is 1. The Labute approximate surface area is 149 Å². The first-order valence-electron chi connectivity index (χ1n) is 7.95. The highest BCUT2D eigenvalue weighted by atomic mass is 32.1. The lowest BCUT2D eigenvalue weighted by molar-refractivity contribution is 0.415. The minimum absolute atomic E-state index is 0.750. The maximum Gasteiger partial charge on any atom is 0.153 e. The second-order valence-corrected chi connectivity index (χ2v) is 6.72. The summed E-state index contributed by atoms with van der Waals surface area (Å²) in [7, 11) is 1.68. The zero-order valence-corrected chi connectivity index (χ0v) is 15.1. The Bertz CT molecular complexity index is 1050. The first-order valence-corrected chi connectivity index (χ1v) is 8.89. The molecule has 6 heteroatoms. The van der Waals surface area contributed by atoms with Crippen LogP contribution in [0.3, 0.4) is 0 Å². The van der Waals surface area contributed by atoms with Crippen LogP contribution in [-0.2, 0) is 0 Å². The second kappa shape index (κ2) is 6.22. The van der Waals surface area contributed by atoms with E-state index < -0.39 is 0 Å². The van der Waals surface area contributed by atoms with Crippen LogP contribution in [0, 0.1) is 13.8 Å². The van der Waals surface area contributed by atoms with Gasteiger partial charge < -0.3 is 10.1 Å². The Morgan fingerprint density at radius 3 is 2.64 bits per heavy atom. The van der Waals surface area contributed by atoms with Crippen molar-refractivity contribution in [1.29, 1.82) is 0 Å². The lowest BCUT2D eigenvalue weighted by Crippen LogP contribution is -1.97. The molecule has 0 saturated carbocycles. The summed E-state index contributed by atoms with van der Waals surface area (Å²) in [5.41, 5.74) is 4.34. The fourth-order valence-corrected chi connectivity index (χ4v) is 3.68. The predicted octanol–water partition coefficient (Wildman–Crippen LogP) is 5.06. The molecule has 0 atom stereocenters. The third-order valence-electron chi connectivity index (χ3n) is 4.11. The number of hydrogen-bond donors (Lipinski definition) is 2. The fourth-order valence-electron chi connectivity index (χ4n) is 2.85. The van der Waals surface area contributed by atoms with Crippen molar-refractivity contribution in [2.24, 2.45) is 0 Å². The van der Waals surface area contributed by atoms with E-state index in [1.807, 2.05) is 31.2 Å². The average Bonchev–Trinajstić information content (AvgIpc) is 3.21. The van der Waals surface area contributed by atoms with E-state index in [0.29, 0.717) is 0 Å². The third-order valence-corrected chi connectivity index (χ3v) is 4.97. The minimum atomic E-state index is 0.750. The molecule has 25 heavy (non-hydrogen) atoms. The molecule has 0 aliphatic carbocycles. The van der Waals surface area contributed by atoms with Gasteiger partial charge in [-0.3, -0.25) is 5.10 Å². The van der Waals surface area contributed by atoms with E-state index in [0.717, 1.165) is 45.1 Å². The molecule has 0 radical (unpaired) electrons. The van der Waals surface area contributed by atoms with Crippen LogP contribution in [0.25, 0.3) is 22.0 Å². The van der Waals surface area contributed by atoms with E-state index in [4.69, 9.17) is 9.72 Å². The van der Waals surface area contributed by atoms with Gasteiger partial charge in [0.2, 0.25) is 0 Å². The number of ether oxygens (including phenoxy) is 1. The first kappa shape index (κ1) is 15.7. The molecule has 0 fully saturated rings. The standard InChI is InChI=1S/C19H18N4OS/c1-11-9-25-10-16(11)19-15-5-4-14(24-3)7-13(15)8-17(21-19)20-18-6-12(2)22-23-18/h4-10H,1-3H3,(H2,20,21,22,23). The number of aromatic amines is 1. The quantitative estimate of drug-likeness (QED) is 0.540. The normalized spacial score (nSPS) is 11.0. The van der Waals surface area contributed by atoms with Gasteiger partial charge in [0.15, 0.2) is 5.82 Å². The number of benzene rings is 1. The highest BCUT2D eigenvalue weighted by Crippen LogP contribution is 2.35. The number of aromatic nitrogens is 3. The fraction of sp³-hybridized carbons (Fsp3) is 0.158.